The van der Waals surface area contributed by atoms with Gasteiger partial charge in [0.1, 0.15) is 5.54 Å². The molecule has 13 heavy (non-hydrogen) atoms. The number of ether oxygens (including phenoxy) is 1. The number of carbonyl (C=O) groups excluding carboxylic acids is 1. The van der Waals surface area contributed by atoms with Gasteiger partial charge in [0.05, 0.1) is 7.11 Å². The lowest BCUT2D eigenvalue weighted by Gasteiger charge is -2.26. The van der Waals surface area contributed by atoms with Gasteiger partial charge >= 0.3 is 5.97 Å². The predicted molar refractivity (Wildman–Crippen MR) is 55.0 cm³/mol. The summed E-state index contributed by atoms with van der Waals surface area (Å²) in [7, 11) is 1.43. The van der Waals surface area contributed by atoms with E-state index in [1.54, 1.807) is 0 Å². The summed E-state index contributed by atoms with van der Waals surface area (Å²) in [5, 5.41) is 3.31. The minimum absolute atomic E-state index is 0.190. The molecule has 3 nitrogen and oxygen atoms in total. The van der Waals surface area contributed by atoms with Crippen molar-refractivity contribution in [2.45, 2.75) is 31.8 Å². The molecule has 1 heterocycles. The molecule has 1 atom stereocenters. The first-order valence-corrected chi connectivity index (χ1v) is 5.65. The maximum Gasteiger partial charge on any atom is 0.325 e. The Morgan fingerprint density at radius 1 is 1.62 bits per heavy atom. The van der Waals surface area contributed by atoms with Crippen molar-refractivity contribution in [3.05, 3.63) is 0 Å². The van der Waals surface area contributed by atoms with Crippen LogP contribution in [-0.2, 0) is 9.53 Å². The molecule has 0 amide bonds. The molecule has 0 saturated carbocycles. The molecular formula is C9H17NO2S. The summed E-state index contributed by atoms with van der Waals surface area (Å²) >= 11 is 1.93. The SMILES string of the molecule is COC(=O)C(C)(C)NC1CCSC1. The van der Waals surface area contributed by atoms with Crippen molar-refractivity contribution in [2.24, 2.45) is 0 Å². The second kappa shape index (κ2) is 4.33. The van der Waals surface area contributed by atoms with Crippen LogP contribution in [0.15, 0.2) is 0 Å². The smallest absolute Gasteiger partial charge is 0.325 e. The predicted octanol–water partition coefficient (Wildman–Crippen LogP) is 1.03. The van der Waals surface area contributed by atoms with Crippen LogP contribution < -0.4 is 5.32 Å². The van der Waals surface area contributed by atoms with Gasteiger partial charge in [-0.25, -0.2) is 0 Å². The zero-order chi connectivity index (χ0) is 9.90. The summed E-state index contributed by atoms with van der Waals surface area (Å²) in [5.41, 5.74) is -0.551. The van der Waals surface area contributed by atoms with Crippen LogP contribution in [-0.4, -0.2) is 36.2 Å². The molecule has 4 heteroatoms. The Balaban J connectivity index is 2.44. The van der Waals surface area contributed by atoms with Crippen LogP contribution in [0.1, 0.15) is 20.3 Å². The molecule has 0 bridgehead atoms. The highest BCUT2D eigenvalue weighted by molar-refractivity contribution is 7.99. The van der Waals surface area contributed by atoms with Gasteiger partial charge in [0.2, 0.25) is 0 Å². The standard InChI is InChI=1S/C9H17NO2S/c1-9(2,8(11)12-3)10-7-4-5-13-6-7/h7,10H,4-6H2,1-3H3. The number of hydrogen-bond acceptors (Lipinski definition) is 4. The molecule has 1 aliphatic heterocycles. The fourth-order valence-electron chi connectivity index (χ4n) is 1.47. The summed E-state index contributed by atoms with van der Waals surface area (Å²) in [4.78, 5) is 11.3. The highest BCUT2D eigenvalue weighted by atomic mass is 32.2. The molecule has 0 aliphatic carbocycles. The second-order valence-corrected chi connectivity index (χ2v) is 4.97. The number of nitrogens with one attached hydrogen (secondary N) is 1. The van der Waals surface area contributed by atoms with Gasteiger partial charge in [-0.15, -0.1) is 0 Å². The molecule has 0 aromatic heterocycles. The third-order valence-corrected chi connectivity index (χ3v) is 3.35. The Morgan fingerprint density at radius 3 is 2.77 bits per heavy atom. The Morgan fingerprint density at radius 2 is 2.31 bits per heavy atom. The van der Waals surface area contributed by atoms with Crippen LogP contribution in [0.25, 0.3) is 0 Å². The Hall–Kier alpha value is -0.220. The number of thioether (sulfide) groups is 1. The van der Waals surface area contributed by atoms with Gasteiger partial charge < -0.3 is 4.74 Å². The summed E-state index contributed by atoms with van der Waals surface area (Å²) in [6.45, 7) is 3.73. The Labute approximate surface area is 83.6 Å². The van der Waals surface area contributed by atoms with Crippen LogP contribution in [0.3, 0.4) is 0 Å². The monoisotopic (exact) mass is 203 g/mol. The quantitative estimate of drug-likeness (QED) is 0.695. The van der Waals surface area contributed by atoms with E-state index < -0.39 is 5.54 Å². The Kier molecular flexibility index (Phi) is 3.62. The third-order valence-electron chi connectivity index (χ3n) is 2.19. The minimum atomic E-state index is -0.551. The van der Waals surface area contributed by atoms with E-state index in [4.69, 9.17) is 4.74 Å². The van der Waals surface area contributed by atoms with Crippen molar-refractivity contribution in [3.8, 4) is 0 Å². The number of esters is 1. The molecule has 0 spiro atoms. The molecule has 1 N–H and O–H groups in total. The highest BCUT2D eigenvalue weighted by Gasteiger charge is 2.32. The number of carbonyl (C=O) groups is 1. The van der Waals surface area contributed by atoms with Crippen molar-refractivity contribution in [1.29, 1.82) is 0 Å². The summed E-state index contributed by atoms with van der Waals surface area (Å²) < 4.78 is 4.72. The highest BCUT2D eigenvalue weighted by Crippen LogP contribution is 2.19. The summed E-state index contributed by atoms with van der Waals surface area (Å²) in [6.07, 6.45) is 1.14. The molecule has 1 saturated heterocycles. The molecule has 76 valence electrons. The maximum atomic E-state index is 11.3. The largest absolute Gasteiger partial charge is 0.468 e. The van der Waals surface area contributed by atoms with Crippen molar-refractivity contribution in [2.75, 3.05) is 18.6 Å². The van der Waals surface area contributed by atoms with Crippen LogP contribution in [0, 0.1) is 0 Å². The molecule has 0 aromatic carbocycles. The van der Waals surface area contributed by atoms with Crippen molar-refractivity contribution >= 4 is 17.7 Å². The van der Waals surface area contributed by atoms with Gasteiger partial charge in [0, 0.05) is 11.8 Å². The van der Waals surface area contributed by atoms with Crippen LogP contribution in [0.4, 0.5) is 0 Å². The van der Waals surface area contributed by atoms with E-state index in [1.807, 2.05) is 25.6 Å². The molecule has 0 radical (unpaired) electrons. The van der Waals surface area contributed by atoms with E-state index in [9.17, 15) is 4.79 Å². The first-order valence-electron chi connectivity index (χ1n) is 4.50. The van der Waals surface area contributed by atoms with E-state index >= 15 is 0 Å². The topological polar surface area (TPSA) is 38.3 Å². The fourth-order valence-corrected chi connectivity index (χ4v) is 2.63. The summed E-state index contributed by atoms with van der Waals surface area (Å²) in [5.74, 6) is 2.10. The van der Waals surface area contributed by atoms with Crippen molar-refractivity contribution in [1.82, 2.24) is 5.32 Å². The first-order chi connectivity index (χ1) is 6.06. The summed E-state index contributed by atoms with van der Waals surface area (Å²) in [6, 6.07) is 0.457. The lowest BCUT2D eigenvalue weighted by molar-refractivity contribution is -0.147. The lowest BCUT2D eigenvalue weighted by atomic mass is 10.0. The first kappa shape index (κ1) is 10.9. The molecule has 1 fully saturated rings. The second-order valence-electron chi connectivity index (χ2n) is 3.82. The lowest BCUT2D eigenvalue weighted by Crippen LogP contribution is -2.52. The van der Waals surface area contributed by atoms with Gasteiger partial charge in [0.25, 0.3) is 0 Å². The van der Waals surface area contributed by atoms with Gasteiger partial charge in [-0.1, -0.05) is 0 Å². The van der Waals surface area contributed by atoms with Gasteiger partial charge in [0.15, 0.2) is 0 Å². The van der Waals surface area contributed by atoms with Gasteiger partial charge in [-0.2, -0.15) is 11.8 Å². The van der Waals surface area contributed by atoms with E-state index in [1.165, 1.54) is 12.9 Å². The number of methoxy groups -OCH3 is 1. The van der Waals surface area contributed by atoms with Gasteiger partial charge in [-0.05, 0) is 26.0 Å². The molecular weight excluding hydrogens is 186 g/mol. The maximum absolute atomic E-state index is 11.3. The Bertz CT molecular complexity index is 188. The fraction of sp³-hybridized carbons (Fsp3) is 0.889. The zero-order valence-corrected chi connectivity index (χ0v) is 9.24. The van der Waals surface area contributed by atoms with Crippen molar-refractivity contribution < 1.29 is 9.53 Å². The average molecular weight is 203 g/mol. The van der Waals surface area contributed by atoms with E-state index in [0.29, 0.717) is 6.04 Å². The van der Waals surface area contributed by atoms with E-state index in [0.717, 1.165) is 12.2 Å². The van der Waals surface area contributed by atoms with E-state index in [-0.39, 0.29) is 5.97 Å². The molecule has 1 unspecified atom stereocenters. The molecule has 1 aliphatic rings. The van der Waals surface area contributed by atoms with Crippen LogP contribution in [0.2, 0.25) is 0 Å². The van der Waals surface area contributed by atoms with Crippen molar-refractivity contribution in [3.63, 3.8) is 0 Å². The normalized spacial score (nSPS) is 23.2. The van der Waals surface area contributed by atoms with Crippen LogP contribution in [0.5, 0.6) is 0 Å². The van der Waals surface area contributed by atoms with Crippen LogP contribution >= 0.6 is 11.8 Å². The van der Waals surface area contributed by atoms with E-state index in [2.05, 4.69) is 5.32 Å². The minimum Gasteiger partial charge on any atom is -0.468 e. The molecule has 0 aromatic rings. The number of hydrogen-bond donors (Lipinski definition) is 1. The molecule has 1 rings (SSSR count). The number of rotatable bonds is 3. The third kappa shape index (κ3) is 2.88. The van der Waals surface area contributed by atoms with Gasteiger partial charge in [-0.3, -0.25) is 10.1 Å². The average Bonchev–Trinajstić information content (AvgIpc) is 2.54. The zero-order valence-electron chi connectivity index (χ0n) is 8.42.